The highest BCUT2D eigenvalue weighted by atomic mass is 16.5. The summed E-state index contributed by atoms with van der Waals surface area (Å²) in [5.74, 6) is 0.573. The molecular weight excluding hydrogens is 402 g/mol. The lowest BCUT2D eigenvalue weighted by molar-refractivity contribution is 0.0951. The van der Waals surface area contributed by atoms with Crippen LogP contribution in [-0.2, 0) is 13.6 Å². The smallest absolute Gasteiger partial charge is 0.275 e. The van der Waals surface area contributed by atoms with Gasteiger partial charge in [-0.2, -0.15) is 0 Å². The SMILES string of the molecule is COc1cccc(CNC(=O)c2cn(C3CCCC3)c(=O)c3c2c2ccccc2n3C)c1. The highest BCUT2D eigenvalue weighted by Gasteiger charge is 2.25. The van der Waals surface area contributed by atoms with Crippen LogP contribution in [0.5, 0.6) is 5.75 Å². The molecule has 1 N–H and O–H groups in total. The van der Waals surface area contributed by atoms with Crippen molar-refractivity contribution in [3.8, 4) is 5.75 Å². The number of nitrogens with one attached hydrogen (secondary N) is 1. The van der Waals surface area contributed by atoms with Crippen molar-refractivity contribution >= 4 is 27.7 Å². The van der Waals surface area contributed by atoms with Gasteiger partial charge in [0.15, 0.2) is 0 Å². The monoisotopic (exact) mass is 429 g/mol. The first kappa shape index (κ1) is 20.4. The van der Waals surface area contributed by atoms with Gasteiger partial charge in [-0.1, -0.05) is 43.2 Å². The van der Waals surface area contributed by atoms with E-state index in [1.165, 1.54) is 0 Å². The third kappa shape index (κ3) is 3.36. The number of carbonyl (C=O) groups excluding carboxylic acids is 1. The molecule has 1 saturated carbocycles. The number of fused-ring (bicyclic) bond motifs is 3. The number of para-hydroxylation sites is 1. The second-order valence-corrected chi connectivity index (χ2v) is 8.53. The fraction of sp³-hybridized carbons (Fsp3) is 0.308. The van der Waals surface area contributed by atoms with Crippen molar-refractivity contribution in [1.82, 2.24) is 14.5 Å². The summed E-state index contributed by atoms with van der Waals surface area (Å²) in [4.78, 5) is 27.0. The van der Waals surface area contributed by atoms with Gasteiger partial charge in [-0.3, -0.25) is 9.59 Å². The molecule has 32 heavy (non-hydrogen) atoms. The van der Waals surface area contributed by atoms with Crippen LogP contribution in [0.25, 0.3) is 21.8 Å². The van der Waals surface area contributed by atoms with Crippen LogP contribution in [0.1, 0.15) is 47.6 Å². The number of methoxy groups -OCH3 is 1. The first-order valence-electron chi connectivity index (χ1n) is 11.1. The van der Waals surface area contributed by atoms with E-state index in [9.17, 15) is 9.59 Å². The number of nitrogens with zero attached hydrogens (tertiary/aromatic N) is 2. The largest absolute Gasteiger partial charge is 0.497 e. The van der Waals surface area contributed by atoms with Crippen molar-refractivity contribution in [2.45, 2.75) is 38.3 Å². The summed E-state index contributed by atoms with van der Waals surface area (Å²) in [6.45, 7) is 0.380. The normalized spacial score (nSPS) is 14.3. The minimum absolute atomic E-state index is 0.0186. The van der Waals surface area contributed by atoms with Crippen LogP contribution in [0, 0.1) is 0 Å². The summed E-state index contributed by atoms with van der Waals surface area (Å²) in [5.41, 5.74) is 3.02. The van der Waals surface area contributed by atoms with Gasteiger partial charge in [-0.25, -0.2) is 0 Å². The maximum Gasteiger partial charge on any atom is 0.275 e. The first-order valence-corrected chi connectivity index (χ1v) is 11.1. The molecule has 2 aromatic heterocycles. The second-order valence-electron chi connectivity index (χ2n) is 8.53. The van der Waals surface area contributed by atoms with Crippen molar-refractivity contribution in [3.05, 3.63) is 76.2 Å². The number of pyridine rings is 1. The molecule has 2 heterocycles. The Balaban J connectivity index is 1.63. The average molecular weight is 430 g/mol. The Morgan fingerprint density at radius 2 is 1.91 bits per heavy atom. The van der Waals surface area contributed by atoms with Crippen molar-refractivity contribution in [3.63, 3.8) is 0 Å². The molecule has 1 aliphatic carbocycles. The maximum absolute atomic E-state index is 13.5. The topological polar surface area (TPSA) is 65.3 Å². The summed E-state index contributed by atoms with van der Waals surface area (Å²) < 4.78 is 9.02. The molecule has 0 unspecified atom stereocenters. The van der Waals surface area contributed by atoms with Gasteiger partial charge in [-0.15, -0.1) is 0 Å². The van der Waals surface area contributed by atoms with Crippen molar-refractivity contribution in [1.29, 1.82) is 0 Å². The van der Waals surface area contributed by atoms with E-state index in [0.29, 0.717) is 17.6 Å². The van der Waals surface area contributed by atoms with E-state index in [1.807, 2.05) is 60.1 Å². The van der Waals surface area contributed by atoms with Crippen LogP contribution in [-0.4, -0.2) is 22.2 Å². The van der Waals surface area contributed by atoms with Gasteiger partial charge in [0.05, 0.1) is 12.7 Å². The molecule has 1 fully saturated rings. The Bertz CT molecular complexity index is 1380. The van der Waals surface area contributed by atoms with Crippen LogP contribution in [0.4, 0.5) is 0 Å². The zero-order valence-electron chi connectivity index (χ0n) is 18.4. The quantitative estimate of drug-likeness (QED) is 0.506. The molecule has 0 atom stereocenters. The highest BCUT2D eigenvalue weighted by Crippen LogP contribution is 2.33. The van der Waals surface area contributed by atoms with E-state index in [-0.39, 0.29) is 17.5 Å². The predicted octanol–water partition coefficient (Wildman–Crippen LogP) is 4.55. The van der Waals surface area contributed by atoms with E-state index in [4.69, 9.17) is 4.74 Å². The molecule has 6 heteroatoms. The summed E-state index contributed by atoms with van der Waals surface area (Å²) in [6.07, 6.45) is 5.96. The Morgan fingerprint density at radius 3 is 2.69 bits per heavy atom. The molecule has 4 aromatic rings. The third-order valence-electron chi connectivity index (χ3n) is 6.63. The van der Waals surface area contributed by atoms with Crippen molar-refractivity contribution in [2.24, 2.45) is 7.05 Å². The van der Waals surface area contributed by atoms with Crippen LogP contribution in [0.15, 0.2) is 59.5 Å². The van der Waals surface area contributed by atoms with Crippen LogP contribution < -0.4 is 15.6 Å². The number of carbonyl (C=O) groups is 1. The molecular formula is C26H27N3O3. The zero-order chi connectivity index (χ0) is 22.2. The first-order chi connectivity index (χ1) is 15.6. The van der Waals surface area contributed by atoms with Crippen LogP contribution >= 0.6 is 0 Å². The Hall–Kier alpha value is -3.54. The number of hydrogen-bond acceptors (Lipinski definition) is 3. The maximum atomic E-state index is 13.5. The minimum Gasteiger partial charge on any atom is -0.497 e. The molecule has 6 nitrogen and oxygen atoms in total. The number of ether oxygens (including phenoxy) is 1. The number of benzene rings is 2. The standard InChI is InChI=1S/C26H27N3O3/c1-28-22-13-6-5-12-20(22)23-21(16-29(26(31)24(23)28)18-9-3-4-10-18)25(30)27-15-17-8-7-11-19(14-17)32-2/h5-8,11-14,16,18H,3-4,9-10,15H2,1-2H3,(H,27,30). The van der Waals surface area contributed by atoms with E-state index in [0.717, 1.165) is 53.3 Å². The summed E-state index contributed by atoms with van der Waals surface area (Å²) in [5, 5.41) is 4.70. The second kappa shape index (κ2) is 8.19. The molecule has 164 valence electrons. The number of amides is 1. The van der Waals surface area contributed by atoms with Gasteiger partial charge < -0.3 is 19.2 Å². The fourth-order valence-electron chi connectivity index (χ4n) is 4.99. The average Bonchev–Trinajstić information content (AvgIpc) is 3.46. The van der Waals surface area contributed by atoms with Crippen molar-refractivity contribution < 1.29 is 9.53 Å². The lowest BCUT2D eigenvalue weighted by atomic mass is 10.1. The van der Waals surface area contributed by atoms with Gasteiger partial charge in [0.25, 0.3) is 11.5 Å². The van der Waals surface area contributed by atoms with Gasteiger partial charge in [0.2, 0.25) is 0 Å². The molecule has 1 aliphatic rings. The van der Waals surface area contributed by atoms with Gasteiger partial charge in [0.1, 0.15) is 11.3 Å². The van der Waals surface area contributed by atoms with Gasteiger partial charge in [0, 0.05) is 42.1 Å². The van der Waals surface area contributed by atoms with E-state index in [2.05, 4.69) is 5.32 Å². The fourth-order valence-corrected chi connectivity index (χ4v) is 4.99. The third-order valence-corrected chi connectivity index (χ3v) is 6.63. The Labute approximate surface area is 186 Å². The van der Waals surface area contributed by atoms with Gasteiger partial charge in [-0.05, 0) is 36.6 Å². The molecule has 2 aromatic carbocycles. The Kier molecular flexibility index (Phi) is 5.21. The minimum atomic E-state index is -0.180. The lowest BCUT2D eigenvalue weighted by Gasteiger charge is -2.17. The number of aromatic nitrogens is 2. The molecule has 1 amide bonds. The van der Waals surface area contributed by atoms with Gasteiger partial charge >= 0.3 is 0 Å². The molecule has 0 radical (unpaired) electrons. The number of rotatable bonds is 5. The highest BCUT2D eigenvalue weighted by molar-refractivity contribution is 6.17. The van der Waals surface area contributed by atoms with Crippen molar-refractivity contribution in [2.75, 3.05) is 7.11 Å². The van der Waals surface area contributed by atoms with Crippen LogP contribution in [0.2, 0.25) is 0 Å². The number of hydrogen-bond donors (Lipinski definition) is 1. The predicted molar refractivity (Wildman–Crippen MR) is 126 cm³/mol. The summed E-state index contributed by atoms with van der Waals surface area (Å²) in [7, 11) is 3.53. The number of aryl methyl sites for hydroxylation is 1. The van der Waals surface area contributed by atoms with E-state index in [1.54, 1.807) is 17.9 Å². The lowest BCUT2D eigenvalue weighted by Crippen LogP contribution is -2.29. The van der Waals surface area contributed by atoms with E-state index >= 15 is 0 Å². The summed E-state index contributed by atoms with van der Waals surface area (Å²) >= 11 is 0. The molecule has 0 aliphatic heterocycles. The van der Waals surface area contributed by atoms with Crippen LogP contribution in [0.3, 0.4) is 0 Å². The zero-order valence-corrected chi connectivity index (χ0v) is 18.4. The summed E-state index contributed by atoms with van der Waals surface area (Å²) in [6, 6.07) is 15.7. The Morgan fingerprint density at radius 1 is 1.12 bits per heavy atom. The molecule has 5 rings (SSSR count). The molecule has 0 bridgehead atoms. The molecule has 0 spiro atoms. The molecule has 0 saturated heterocycles. The van der Waals surface area contributed by atoms with E-state index < -0.39 is 0 Å².